The normalized spacial score (nSPS) is 11.4. The summed E-state index contributed by atoms with van der Waals surface area (Å²) in [7, 11) is 0. The molecule has 198 valence electrons. The van der Waals surface area contributed by atoms with Gasteiger partial charge in [-0.15, -0.1) is 0 Å². The Labute approximate surface area is 227 Å². The Morgan fingerprint density at radius 3 is 1.05 bits per heavy atom. The molecule has 0 radical (unpaired) electrons. The summed E-state index contributed by atoms with van der Waals surface area (Å²) < 4.78 is 0. The summed E-state index contributed by atoms with van der Waals surface area (Å²) in [5, 5.41) is 20.6. The summed E-state index contributed by atoms with van der Waals surface area (Å²) in [6.07, 6.45) is 0. The molecule has 0 aliphatic heterocycles. The molecule has 0 bridgehead atoms. The zero-order valence-corrected chi connectivity index (χ0v) is 23.1. The first-order valence-electron chi connectivity index (χ1n) is 13.4. The molecule has 4 aromatic carbocycles. The largest absolute Gasteiger partial charge is 0.507 e. The molecule has 0 amide bonds. The van der Waals surface area contributed by atoms with Gasteiger partial charge in [0, 0.05) is 39.3 Å². The maximum atomic E-state index is 10.3. The molecule has 2 N–H and O–H groups in total. The van der Waals surface area contributed by atoms with E-state index in [9.17, 15) is 10.2 Å². The van der Waals surface area contributed by atoms with Crippen LogP contribution in [-0.2, 0) is 26.2 Å². The Balaban J connectivity index is 1.56. The first kappa shape index (κ1) is 27.4. The van der Waals surface area contributed by atoms with Gasteiger partial charge in [0.1, 0.15) is 11.5 Å². The highest BCUT2D eigenvalue weighted by molar-refractivity contribution is 5.43. The lowest BCUT2D eigenvalue weighted by atomic mass is 10.0. The second kappa shape index (κ2) is 12.8. The van der Waals surface area contributed by atoms with Crippen molar-refractivity contribution in [3.05, 3.63) is 129 Å². The fourth-order valence-corrected chi connectivity index (χ4v) is 5.18. The van der Waals surface area contributed by atoms with E-state index < -0.39 is 0 Å². The summed E-state index contributed by atoms with van der Waals surface area (Å²) >= 11 is 0. The van der Waals surface area contributed by atoms with Gasteiger partial charge in [0.25, 0.3) is 0 Å². The number of aryl methyl sites for hydroxylation is 4. The van der Waals surface area contributed by atoms with Crippen molar-refractivity contribution in [2.75, 3.05) is 13.1 Å². The maximum absolute atomic E-state index is 10.3. The molecular weight excluding hydrogens is 468 g/mol. The van der Waals surface area contributed by atoms with Crippen molar-refractivity contribution in [1.82, 2.24) is 9.80 Å². The van der Waals surface area contributed by atoms with Crippen LogP contribution in [0.5, 0.6) is 11.5 Å². The fraction of sp³-hybridized carbons (Fsp3) is 0.294. The number of hydrogen-bond donors (Lipinski definition) is 2. The van der Waals surface area contributed by atoms with Crippen molar-refractivity contribution in [3.8, 4) is 11.5 Å². The summed E-state index contributed by atoms with van der Waals surface area (Å²) in [5.74, 6) is 0.772. The summed E-state index contributed by atoms with van der Waals surface area (Å²) in [6, 6.07) is 29.6. The minimum absolute atomic E-state index is 0.386. The molecule has 0 fully saturated rings. The van der Waals surface area contributed by atoms with E-state index in [2.05, 4.69) is 94.7 Å². The van der Waals surface area contributed by atoms with E-state index in [0.29, 0.717) is 11.5 Å². The quantitative estimate of drug-likeness (QED) is 0.228. The molecule has 0 aliphatic carbocycles. The van der Waals surface area contributed by atoms with Gasteiger partial charge >= 0.3 is 0 Å². The van der Waals surface area contributed by atoms with Crippen molar-refractivity contribution in [3.63, 3.8) is 0 Å². The van der Waals surface area contributed by atoms with Gasteiger partial charge in [0.15, 0.2) is 0 Å². The van der Waals surface area contributed by atoms with E-state index in [0.717, 1.165) is 61.5 Å². The molecule has 0 atom stereocenters. The molecule has 0 saturated heterocycles. The average Bonchev–Trinajstić information content (AvgIpc) is 2.90. The molecule has 38 heavy (non-hydrogen) atoms. The Kier molecular flexibility index (Phi) is 9.22. The highest BCUT2D eigenvalue weighted by atomic mass is 16.3. The number of phenolic OH excluding ortho intramolecular Hbond substituents is 2. The van der Waals surface area contributed by atoms with Crippen LogP contribution in [-0.4, -0.2) is 33.1 Å². The van der Waals surface area contributed by atoms with Crippen LogP contribution in [0, 0.1) is 27.7 Å². The molecule has 4 aromatic rings. The molecular formula is C34H40N2O2. The first-order valence-corrected chi connectivity index (χ1v) is 13.4. The smallest absolute Gasteiger partial charge is 0.121 e. The minimum Gasteiger partial charge on any atom is -0.507 e. The molecule has 0 aliphatic rings. The van der Waals surface area contributed by atoms with Crippen LogP contribution in [0.25, 0.3) is 0 Å². The number of nitrogens with zero attached hydrogens (tertiary/aromatic N) is 2. The van der Waals surface area contributed by atoms with Crippen LogP contribution in [0.4, 0.5) is 0 Å². The van der Waals surface area contributed by atoms with Gasteiger partial charge in [-0.3, -0.25) is 9.80 Å². The highest BCUT2D eigenvalue weighted by Gasteiger charge is 2.15. The Morgan fingerprint density at radius 1 is 0.447 bits per heavy atom. The molecule has 4 nitrogen and oxygen atoms in total. The number of rotatable bonds is 11. The van der Waals surface area contributed by atoms with Crippen molar-refractivity contribution in [1.29, 1.82) is 0 Å². The average molecular weight is 509 g/mol. The zero-order chi connectivity index (χ0) is 27.1. The van der Waals surface area contributed by atoms with Gasteiger partial charge in [-0.1, -0.05) is 84.9 Å². The van der Waals surface area contributed by atoms with E-state index in [1.54, 1.807) is 0 Å². The van der Waals surface area contributed by atoms with Crippen molar-refractivity contribution < 1.29 is 10.2 Å². The van der Waals surface area contributed by atoms with Gasteiger partial charge < -0.3 is 10.2 Å². The van der Waals surface area contributed by atoms with Crippen LogP contribution in [0.3, 0.4) is 0 Å². The van der Waals surface area contributed by atoms with Crippen LogP contribution in [0.15, 0.2) is 84.9 Å². The monoisotopic (exact) mass is 508 g/mol. The molecule has 4 rings (SSSR count). The van der Waals surface area contributed by atoms with Crippen LogP contribution >= 0.6 is 0 Å². The lowest BCUT2D eigenvalue weighted by molar-refractivity contribution is 0.182. The molecule has 0 heterocycles. The molecule has 0 saturated carbocycles. The van der Waals surface area contributed by atoms with Gasteiger partial charge in [-0.25, -0.2) is 0 Å². The van der Waals surface area contributed by atoms with Crippen LogP contribution < -0.4 is 0 Å². The highest BCUT2D eigenvalue weighted by Crippen LogP contribution is 2.25. The Bertz CT molecular complexity index is 1180. The number of hydrogen-bond acceptors (Lipinski definition) is 4. The number of aromatic hydroxyl groups is 2. The topological polar surface area (TPSA) is 46.9 Å². The third-order valence-corrected chi connectivity index (χ3v) is 7.14. The lowest BCUT2D eigenvalue weighted by Gasteiger charge is -2.29. The lowest BCUT2D eigenvalue weighted by Crippen LogP contribution is -2.34. The molecule has 0 spiro atoms. The third kappa shape index (κ3) is 7.47. The number of benzene rings is 4. The van der Waals surface area contributed by atoms with E-state index in [1.165, 1.54) is 22.3 Å². The standard InChI is InChI=1S/C34H40N2O2/c1-25-17-31(18-26(2)33(25)37)23-35(21-29-11-7-5-8-12-29)15-16-36(22-30-13-9-6-10-14-30)24-32-19-27(3)34(38)28(4)20-32/h5-14,17-20,37-38H,15-16,21-24H2,1-4H3. The second-order valence-corrected chi connectivity index (χ2v) is 10.5. The molecule has 0 aromatic heterocycles. The third-order valence-electron chi connectivity index (χ3n) is 7.14. The number of phenols is 2. The fourth-order valence-electron chi connectivity index (χ4n) is 5.18. The van der Waals surface area contributed by atoms with Gasteiger partial charge in [0.05, 0.1) is 0 Å². The van der Waals surface area contributed by atoms with E-state index in [-0.39, 0.29) is 0 Å². The SMILES string of the molecule is Cc1cc(CN(CCN(Cc2ccccc2)Cc2cc(C)c(O)c(C)c2)Cc2ccccc2)cc(C)c1O. The predicted molar refractivity (Wildman–Crippen MR) is 156 cm³/mol. The minimum atomic E-state index is 0.386. The van der Waals surface area contributed by atoms with E-state index in [4.69, 9.17) is 0 Å². The predicted octanol–water partition coefficient (Wildman–Crippen LogP) is 7.04. The molecule has 0 unspecified atom stereocenters. The summed E-state index contributed by atoms with van der Waals surface area (Å²) in [4.78, 5) is 4.98. The van der Waals surface area contributed by atoms with Gasteiger partial charge in [0.2, 0.25) is 0 Å². The van der Waals surface area contributed by atoms with Crippen molar-refractivity contribution in [2.45, 2.75) is 53.9 Å². The maximum Gasteiger partial charge on any atom is 0.121 e. The van der Waals surface area contributed by atoms with Crippen LogP contribution in [0.1, 0.15) is 44.5 Å². The summed E-state index contributed by atoms with van der Waals surface area (Å²) in [5.41, 5.74) is 8.69. The Hall–Kier alpha value is -3.60. The van der Waals surface area contributed by atoms with E-state index in [1.807, 2.05) is 27.7 Å². The van der Waals surface area contributed by atoms with Crippen molar-refractivity contribution in [2.24, 2.45) is 0 Å². The van der Waals surface area contributed by atoms with Crippen LogP contribution in [0.2, 0.25) is 0 Å². The Morgan fingerprint density at radius 2 is 0.737 bits per heavy atom. The van der Waals surface area contributed by atoms with Gasteiger partial charge in [-0.05, 0) is 72.2 Å². The zero-order valence-electron chi connectivity index (χ0n) is 23.1. The van der Waals surface area contributed by atoms with Crippen molar-refractivity contribution >= 4 is 0 Å². The van der Waals surface area contributed by atoms with Gasteiger partial charge in [-0.2, -0.15) is 0 Å². The molecule has 4 heteroatoms. The first-order chi connectivity index (χ1) is 18.3. The second-order valence-electron chi connectivity index (χ2n) is 10.5. The van der Waals surface area contributed by atoms with E-state index >= 15 is 0 Å². The summed E-state index contributed by atoms with van der Waals surface area (Å²) in [6.45, 7) is 13.0.